The summed E-state index contributed by atoms with van der Waals surface area (Å²) in [6, 6.07) is 0. The van der Waals surface area contributed by atoms with Crippen molar-refractivity contribution in [2.45, 2.75) is 136 Å². The van der Waals surface area contributed by atoms with E-state index in [1.807, 2.05) is 161 Å². The average molecular weight is 810 g/mol. The van der Waals surface area contributed by atoms with Gasteiger partial charge in [-0.15, -0.1) is 0 Å². The minimum absolute atomic E-state index is 0.00192. The topological polar surface area (TPSA) is 133 Å². The number of nitrogens with zero attached hydrogens (tertiary/aromatic N) is 5. The Kier molecular flexibility index (Phi) is 82.3. The number of carbonyl (C=O) groups is 4. The predicted molar refractivity (Wildman–Crippen MR) is 249 cm³/mol. The van der Waals surface area contributed by atoms with Crippen LogP contribution < -0.4 is 21.3 Å². The third-order valence-corrected chi connectivity index (χ3v) is 6.57. The van der Waals surface area contributed by atoms with E-state index in [0.717, 1.165) is 26.1 Å². The molecule has 0 aromatic heterocycles. The lowest BCUT2D eigenvalue weighted by molar-refractivity contribution is -0.123. The molecule has 4 amide bonds. The summed E-state index contributed by atoms with van der Waals surface area (Å²) in [7, 11) is 11.8. The van der Waals surface area contributed by atoms with E-state index in [2.05, 4.69) is 31.1 Å². The molecule has 0 unspecified atom stereocenters. The summed E-state index contributed by atoms with van der Waals surface area (Å²) in [5.41, 5.74) is 0. The molecule has 0 heterocycles. The Morgan fingerprint density at radius 1 is 0.321 bits per heavy atom. The van der Waals surface area contributed by atoms with Gasteiger partial charge in [-0.2, -0.15) is 0 Å². The number of hydrogen-bond acceptors (Lipinski definition) is 9. The predicted octanol–water partition coefficient (Wildman–Crippen LogP) is 5.89. The highest BCUT2D eigenvalue weighted by atomic mass is 16.2. The van der Waals surface area contributed by atoms with E-state index in [4.69, 9.17) is 0 Å². The highest BCUT2D eigenvalue weighted by Crippen LogP contribution is 2.01. The van der Waals surface area contributed by atoms with Crippen molar-refractivity contribution in [3.63, 3.8) is 0 Å². The summed E-state index contributed by atoms with van der Waals surface area (Å²) >= 11 is 0. The fraction of sp³-hybridized carbons (Fsp3) is 0.907. The Morgan fingerprint density at radius 3 is 0.696 bits per heavy atom. The van der Waals surface area contributed by atoms with Crippen molar-refractivity contribution in [1.82, 2.24) is 45.8 Å². The van der Waals surface area contributed by atoms with E-state index in [9.17, 15) is 19.2 Å². The van der Waals surface area contributed by atoms with Crippen molar-refractivity contribution in [3.8, 4) is 0 Å². The van der Waals surface area contributed by atoms with Crippen LogP contribution in [0.1, 0.15) is 136 Å². The van der Waals surface area contributed by atoms with Crippen LogP contribution in [0.3, 0.4) is 0 Å². The van der Waals surface area contributed by atoms with Crippen LogP contribution in [0.2, 0.25) is 0 Å². The first kappa shape index (κ1) is 71.4. The SMILES string of the molecule is CC.CC.CC.CC.CC.CC.CC.CCCNC(=O)CCN(CCC(=O)NCCN(C)C)CCN(CCC(=O)NCCN(C)C)CCC(=O)NCCN(C)C. The summed E-state index contributed by atoms with van der Waals surface area (Å²) in [4.78, 5) is 59.9. The minimum Gasteiger partial charge on any atom is -0.356 e. The maximum Gasteiger partial charge on any atom is 0.221 e. The van der Waals surface area contributed by atoms with Gasteiger partial charge in [0.25, 0.3) is 0 Å². The Labute approximate surface area is 351 Å². The summed E-state index contributed by atoms with van der Waals surface area (Å²) in [5, 5.41) is 11.8. The first-order valence-corrected chi connectivity index (χ1v) is 22.4. The first-order chi connectivity index (χ1) is 26.9. The molecule has 56 heavy (non-hydrogen) atoms. The van der Waals surface area contributed by atoms with Crippen LogP contribution in [-0.2, 0) is 19.2 Å². The van der Waals surface area contributed by atoms with E-state index in [0.29, 0.717) is 91.1 Å². The molecule has 4 N–H and O–H groups in total. The number of nitrogens with one attached hydrogen (secondary N) is 4. The van der Waals surface area contributed by atoms with Gasteiger partial charge in [-0.25, -0.2) is 0 Å². The van der Waals surface area contributed by atoms with Crippen LogP contribution in [0, 0.1) is 0 Å². The van der Waals surface area contributed by atoms with Gasteiger partial charge in [0.2, 0.25) is 23.6 Å². The molecule has 0 bridgehead atoms. The number of rotatable bonds is 26. The Balaban J connectivity index is -0.000000245. The standard InChI is InChI=1S/C29H61N9O4.7C2H6/c1-8-13-30-26(39)9-17-37(18-10-27(40)31-14-21-34(2)3)24-25-38(19-11-28(41)32-15-22-35(4)5)20-12-29(42)33-16-23-36(6)7;7*1-2/h8-25H2,1-7H3,(H,30,39)(H,31,40)(H,32,41)(H,33,42);7*1-2H3. The lowest BCUT2D eigenvalue weighted by Crippen LogP contribution is -2.42. The van der Waals surface area contributed by atoms with Crippen molar-refractivity contribution in [3.05, 3.63) is 0 Å². The maximum atomic E-state index is 12.4. The molecule has 13 heteroatoms. The Hall–Kier alpha value is -2.32. The van der Waals surface area contributed by atoms with Gasteiger partial charge in [-0.05, 0) is 48.7 Å². The zero-order valence-corrected chi connectivity index (χ0v) is 41.6. The van der Waals surface area contributed by atoms with Crippen molar-refractivity contribution < 1.29 is 19.2 Å². The summed E-state index contributed by atoms with van der Waals surface area (Å²) < 4.78 is 0. The number of hydrogen-bond donors (Lipinski definition) is 4. The zero-order chi connectivity index (χ0) is 45.8. The molecular weight excluding hydrogens is 707 g/mol. The molecule has 344 valence electrons. The van der Waals surface area contributed by atoms with Gasteiger partial charge in [-0.1, -0.05) is 104 Å². The van der Waals surface area contributed by atoms with E-state index >= 15 is 0 Å². The Bertz CT molecular complexity index is 727. The average Bonchev–Trinajstić information content (AvgIpc) is 3.22. The summed E-state index contributed by atoms with van der Waals surface area (Å²) in [5.74, 6) is -0.0527. The van der Waals surface area contributed by atoms with Gasteiger partial charge in [0.05, 0.1) is 0 Å². The molecule has 0 rings (SSSR count). The molecule has 0 radical (unpaired) electrons. The monoisotopic (exact) mass is 810 g/mol. The van der Waals surface area contributed by atoms with E-state index in [1.165, 1.54) is 0 Å². The Morgan fingerprint density at radius 2 is 0.518 bits per heavy atom. The number of likely N-dealkylation sites (N-methyl/N-ethyl adjacent to an activating group) is 3. The molecule has 0 saturated carbocycles. The van der Waals surface area contributed by atoms with Crippen LogP contribution in [-0.4, -0.2) is 175 Å². The smallest absolute Gasteiger partial charge is 0.221 e. The van der Waals surface area contributed by atoms with E-state index in [1.54, 1.807) is 0 Å². The summed E-state index contributed by atoms with van der Waals surface area (Å²) in [6.07, 6.45) is 2.24. The molecule has 0 spiro atoms. The van der Waals surface area contributed by atoms with Crippen LogP contribution in [0.4, 0.5) is 0 Å². The van der Waals surface area contributed by atoms with Gasteiger partial charge < -0.3 is 45.8 Å². The van der Waals surface area contributed by atoms with Gasteiger partial charge in [0, 0.05) is 111 Å². The zero-order valence-electron chi connectivity index (χ0n) is 41.6. The fourth-order valence-electron chi connectivity index (χ4n) is 3.87. The summed E-state index contributed by atoms with van der Waals surface area (Å²) in [6.45, 7) is 38.1. The molecule has 0 fully saturated rings. The first-order valence-electron chi connectivity index (χ1n) is 22.4. The van der Waals surface area contributed by atoms with Gasteiger partial charge in [0.1, 0.15) is 0 Å². The molecule has 0 aromatic rings. The van der Waals surface area contributed by atoms with Crippen molar-refractivity contribution in [2.75, 3.05) is 127 Å². The number of carbonyl (C=O) groups excluding carboxylic acids is 4. The minimum atomic E-state index is -0.0175. The molecular formula is C43H103N9O4. The third kappa shape index (κ3) is 66.5. The molecule has 0 aliphatic rings. The van der Waals surface area contributed by atoms with Crippen LogP contribution >= 0.6 is 0 Å². The van der Waals surface area contributed by atoms with Crippen LogP contribution in [0.25, 0.3) is 0 Å². The fourth-order valence-corrected chi connectivity index (χ4v) is 3.87. The second-order valence-corrected chi connectivity index (χ2v) is 11.5. The third-order valence-electron chi connectivity index (χ3n) is 6.57. The van der Waals surface area contributed by atoms with Crippen molar-refractivity contribution in [1.29, 1.82) is 0 Å². The maximum absolute atomic E-state index is 12.4. The quantitative estimate of drug-likeness (QED) is 0.0845. The van der Waals surface area contributed by atoms with Gasteiger partial charge >= 0.3 is 0 Å². The van der Waals surface area contributed by atoms with Gasteiger partial charge in [-0.3, -0.25) is 19.2 Å². The van der Waals surface area contributed by atoms with Crippen molar-refractivity contribution >= 4 is 23.6 Å². The van der Waals surface area contributed by atoms with E-state index < -0.39 is 0 Å². The van der Waals surface area contributed by atoms with Crippen LogP contribution in [0.15, 0.2) is 0 Å². The largest absolute Gasteiger partial charge is 0.356 e. The van der Waals surface area contributed by atoms with Gasteiger partial charge in [0.15, 0.2) is 0 Å². The molecule has 0 atom stereocenters. The molecule has 0 aliphatic carbocycles. The van der Waals surface area contributed by atoms with Crippen LogP contribution in [0.5, 0.6) is 0 Å². The highest BCUT2D eigenvalue weighted by Gasteiger charge is 2.15. The second kappa shape index (κ2) is 64.6. The lowest BCUT2D eigenvalue weighted by Gasteiger charge is -2.27. The van der Waals surface area contributed by atoms with E-state index in [-0.39, 0.29) is 23.6 Å². The van der Waals surface area contributed by atoms with Crippen molar-refractivity contribution in [2.24, 2.45) is 0 Å². The molecule has 0 saturated heterocycles. The second-order valence-electron chi connectivity index (χ2n) is 11.5. The molecule has 0 aliphatic heterocycles. The molecule has 13 nitrogen and oxygen atoms in total. The number of amides is 4. The normalized spacial score (nSPS) is 9.39. The molecule has 0 aromatic carbocycles. The highest BCUT2D eigenvalue weighted by molar-refractivity contribution is 5.77. The lowest BCUT2D eigenvalue weighted by atomic mass is 10.2.